The van der Waals surface area contributed by atoms with Crippen LogP contribution in [0.3, 0.4) is 0 Å². The molecule has 7 heteroatoms. The number of aromatic nitrogens is 2. The minimum Gasteiger partial charge on any atom is -0.502 e. The summed E-state index contributed by atoms with van der Waals surface area (Å²) in [5.41, 5.74) is 2.48. The Morgan fingerprint density at radius 2 is 2.00 bits per heavy atom. The lowest BCUT2D eigenvalue weighted by atomic mass is 10.1. The molecule has 124 valence electrons. The monoisotopic (exact) mass is 360 g/mol. The fourth-order valence-corrected chi connectivity index (χ4v) is 3.54. The molecule has 0 atom stereocenters. The number of ether oxygens (including phenoxy) is 2. The van der Waals surface area contributed by atoms with Gasteiger partial charge in [-0.1, -0.05) is 0 Å². The predicted molar refractivity (Wildman–Crippen MR) is 97.3 cm³/mol. The molecule has 1 N–H and O–H groups in total. The van der Waals surface area contributed by atoms with Crippen LogP contribution in [0, 0.1) is 0 Å². The van der Waals surface area contributed by atoms with Crippen molar-refractivity contribution in [3.8, 4) is 39.1 Å². The van der Waals surface area contributed by atoms with Crippen LogP contribution in [0.1, 0.15) is 0 Å². The summed E-state index contributed by atoms with van der Waals surface area (Å²) < 4.78 is 10.5. The van der Waals surface area contributed by atoms with Crippen LogP contribution in [0.2, 0.25) is 0 Å². The van der Waals surface area contributed by atoms with Gasteiger partial charge in [-0.15, -0.1) is 23.1 Å². The highest BCUT2D eigenvalue weighted by Gasteiger charge is 2.18. The maximum absolute atomic E-state index is 10.2. The molecule has 0 aliphatic rings. The molecule has 0 fully saturated rings. The lowest BCUT2D eigenvalue weighted by Gasteiger charge is -2.11. The van der Waals surface area contributed by atoms with Gasteiger partial charge < -0.3 is 14.6 Å². The molecule has 3 rings (SSSR count). The van der Waals surface area contributed by atoms with Gasteiger partial charge in [0.25, 0.3) is 0 Å². The zero-order chi connectivity index (χ0) is 17.1. The second kappa shape index (κ2) is 7.11. The highest BCUT2D eigenvalue weighted by Crippen LogP contribution is 2.44. The van der Waals surface area contributed by atoms with E-state index in [0.29, 0.717) is 11.5 Å². The number of phenols is 1. The highest BCUT2D eigenvalue weighted by molar-refractivity contribution is 7.98. The summed E-state index contributed by atoms with van der Waals surface area (Å²) in [6.07, 6.45) is 3.77. The molecule has 5 nitrogen and oxygen atoms in total. The van der Waals surface area contributed by atoms with E-state index in [9.17, 15) is 5.11 Å². The van der Waals surface area contributed by atoms with Crippen molar-refractivity contribution >= 4 is 23.1 Å². The maximum atomic E-state index is 10.2. The second-order valence-electron chi connectivity index (χ2n) is 4.82. The molecular weight excluding hydrogens is 344 g/mol. The maximum Gasteiger partial charge on any atom is 0.201 e. The molecule has 0 spiro atoms. The van der Waals surface area contributed by atoms with Crippen LogP contribution in [0.4, 0.5) is 0 Å². The molecule has 0 aliphatic carbocycles. The third-order valence-corrected chi connectivity index (χ3v) is 5.02. The smallest absolute Gasteiger partial charge is 0.201 e. The standard InChI is InChI=1S/C17H16N2O3S2/c1-21-13-5-4-11(16(22-2)15(13)20)12-9-24-17(19-12)10-6-7-18-14(8-10)23-3/h4-9,20H,1-3H3. The Morgan fingerprint density at radius 1 is 1.17 bits per heavy atom. The SMILES string of the molecule is COc1ccc(-c2csc(-c3ccnc(SC)c3)n2)c(OC)c1O. The fourth-order valence-electron chi connectivity index (χ4n) is 2.31. The topological polar surface area (TPSA) is 64.5 Å². The van der Waals surface area contributed by atoms with E-state index in [4.69, 9.17) is 9.47 Å². The van der Waals surface area contributed by atoms with Crippen molar-refractivity contribution in [1.29, 1.82) is 0 Å². The van der Waals surface area contributed by atoms with E-state index >= 15 is 0 Å². The van der Waals surface area contributed by atoms with E-state index in [1.807, 2.05) is 29.8 Å². The first-order chi connectivity index (χ1) is 11.7. The van der Waals surface area contributed by atoms with E-state index in [0.717, 1.165) is 26.9 Å². The van der Waals surface area contributed by atoms with Crippen LogP contribution in [0.25, 0.3) is 21.8 Å². The Kier molecular flexibility index (Phi) is 4.92. The van der Waals surface area contributed by atoms with Crippen molar-refractivity contribution in [3.05, 3.63) is 35.8 Å². The summed E-state index contributed by atoms with van der Waals surface area (Å²) in [5, 5.41) is 14.0. The van der Waals surface area contributed by atoms with E-state index in [1.54, 1.807) is 24.0 Å². The molecule has 2 aromatic heterocycles. The number of benzene rings is 1. The van der Waals surface area contributed by atoms with Crippen LogP contribution >= 0.6 is 23.1 Å². The summed E-state index contributed by atoms with van der Waals surface area (Å²) in [5.74, 6) is 0.691. The minimum atomic E-state index is -0.0272. The van der Waals surface area contributed by atoms with E-state index in [1.165, 1.54) is 25.6 Å². The largest absolute Gasteiger partial charge is 0.502 e. The molecule has 3 aromatic rings. The van der Waals surface area contributed by atoms with Crippen molar-refractivity contribution < 1.29 is 14.6 Å². The first-order valence-electron chi connectivity index (χ1n) is 7.08. The van der Waals surface area contributed by atoms with Crippen molar-refractivity contribution in [2.75, 3.05) is 20.5 Å². The van der Waals surface area contributed by atoms with Crippen molar-refractivity contribution in [3.63, 3.8) is 0 Å². The molecule has 0 aliphatic heterocycles. The fraction of sp³-hybridized carbons (Fsp3) is 0.176. The minimum absolute atomic E-state index is 0.0272. The Bertz CT molecular complexity index is 865. The van der Waals surface area contributed by atoms with E-state index < -0.39 is 0 Å². The number of thiazole rings is 1. The average Bonchev–Trinajstić information content (AvgIpc) is 3.11. The van der Waals surface area contributed by atoms with Gasteiger partial charge in [-0.2, -0.15) is 0 Å². The van der Waals surface area contributed by atoms with E-state index in [2.05, 4.69) is 9.97 Å². The molecule has 0 saturated carbocycles. The van der Waals surface area contributed by atoms with Gasteiger partial charge in [0, 0.05) is 22.7 Å². The Hall–Kier alpha value is -2.25. The van der Waals surface area contributed by atoms with Gasteiger partial charge in [-0.05, 0) is 30.5 Å². The van der Waals surface area contributed by atoms with Crippen LogP contribution in [0.15, 0.2) is 40.9 Å². The molecule has 0 bridgehead atoms. The van der Waals surface area contributed by atoms with Crippen LogP contribution in [-0.2, 0) is 0 Å². The molecular formula is C17H16N2O3S2. The molecule has 1 aromatic carbocycles. The number of aromatic hydroxyl groups is 1. The zero-order valence-corrected chi connectivity index (χ0v) is 15.1. The third-order valence-electron chi connectivity index (χ3n) is 3.49. The molecule has 0 saturated heterocycles. The van der Waals surface area contributed by atoms with Gasteiger partial charge in [0.1, 0.15) is 5.01 Å². The van der Waals surface area contributed by atoms with Gasteiger partial charge >= 0.3 is 0 Å². The molecule has 0 radical (unpaired) electrons. The quantitative estimate of drug-likeness (QED) is 0.684. The van der Waals surface area contributed by atoms with Gasteiger partial charge in [0.15, 0.2) is 11.5 Å². The number of hydrogen-bond acceptors (Lipinski definition) is 7. The summed E-state index contributed by atoms with van der Waals surface area (Å²) in [6.45, 7) is 0. The first kappa shape index (κ1) is 16.6. The van der Waals surface area contributed by atoms with Crippen molar-refractivity contribution in [2.24, 2.45) is 0 Å². The third kappa shape index (κ3) is 3.05. The first-order valence-corrected chi connectivity index (χ1v) is 9.18. The molecule has 0 amide bonds. The predicted octanol–water partition coefficient (Wildman–Crippen LogP) is 4.32. The summed E-state index contributed by atoms with van der Waals surface area (Å²) >= 11 is 3.13. The molecule has 2 heterocycles. The second-order valence-corrected chi connectivity index (χ2v) is 6.51. The number of phenolic OH excluding ortho intramolecular Hbond substituents is 1. The number of methoxy groups -OCH3 is 2. The van der Waals surface area contributed by atoms with Gasteiger partial charge in [0.2, 0.25) is 5.75 Å². The summed E-state index contributed by atoms with van der Waals surface area (Å²) in [4.78, 5) is 8.96. The number of pyridine rings is 1. The Labute approximate surface area is 148 Å². The number of rotatable bonds is 5. The summed E-state index contributed by atoms with van der Waals surface area (Å²) in [7, 11) is 3.01. The van der Waals surface area contributed by atoms with Crippen LogP contribution in [0.5, 0.6) is 17.2 Å². The lowest BCUT2D eigenvalue weighted by molar-refractivity contribution is 0.341. The normalized spacial score (nSPS) is 10.6. The average molecular weight is 360 g/mol. The molecule has 0 unspecified atom stereocenters. The van der Waals surface area contributed by atoms with Crippen molar-refractivity contribution in [1.82, 2.24) is 9.97 Å². The summed E-state index contributed by atoms with van der Waals surface area (Å²) in [6, 6.07) is 7.47. The van der Waals surface area contributed by atoms with E-state index in [-0.39, 0.29) is 5.75 Å². The highest BCUT2D eigenvalue weighted by atomic mass is 32.2. The van der Waals surface area contributed by atoms with Gasteiger partial charge in [-0.25, -0.2) is 9.97 Å². The van der Waals surface area contributed by atoms with Crippen molar-refractivity contribution in [2.45, 2.75) is 5.03 Å². The van der Waals surface area contributed by atoms with Crippen LogP contribution < -0.4 is 9.47 Å². The van der Waals surface area contributed by atoms with Gasteiger partial charge in [-0.3, -0.25) is 0 Å². The molecule has 24 heavy (non-hydrogen) atoms. The number of thioether (sulfide) groups is 1. The Morgan fingerprint density at radius 3 is 2.71 bits per heavy atom. The Balaban J connectivity index is 2.03. The van der Waals surface area contributed by atoms with Gasteiger partial charge in [0.05, 0.1) is 24.9 Å². The number of nitrogens with zero attached hydrogens (tertiary/aromatic N) is 2. The zero-order valence-electron chi connectivity index (χ0n) is 13.4. The number of hydrogen-bond donors (Lipinski definition) is 1. The lowest BCUT2D eigenvalue weighted by Crippen LogP contribution is -1.92. The van der Waals surface area contributed by atoms with Crippen LogP contribution in [-0.4, -0.2) is 35.5 Å².